The Hall–Kier alpha value is -2.49. The highest BCUT2D eigenvalue weighted by molar-refractivity contribution is 6.05. The lowest BCUT2D eigenvalue weighted by Gasteiger charge is -2.14. The molecule has 0 spiro atoms. The number of anilines is 1. The third-order valence-electron chi connectivity index (χ3n) is 4.23. The minimum absolute atomic E-state index is 0.166. The fourth-order valence-corrected chi connectivity index (χ4v) is 2.41. The molecule has 0 saturated carbocycles. The van der Waals surface area contributed by atoms with Crippen LogP contribution < -0.4 is 14.8 Å². The van der Waals surface area contributed by atoms with Gasteiger partial charge in [0.2, 0.25) is 0 Å². The number of hydrogen-bond acceptors (Lipinski definition) is 3. The number of benzene rings is 2. The van der Waals surface area contributed by atoms with Crippen molar-refractivity contribution in [3.8, 4) is 11.5 Å². The highest BCUT2D eigenvalue weighted by atomic mass is 16.5. The van der Waals surface area contributed by atoms with Crippen LogP contribution in [0.1, 0.15) is 41.8 Å². The Labute approximate surface area is 150 Å². The number of amides is 1. The van der Waals surface area contributed by atoms with Gasteiger partial charge in [-0.25, -0.2) is 0 Å². The maximum atomic E-state index is 12.6. The molecular weight excluding hydrogens is 314 g/mol. The van der Waals surface area contributed by atoms with Gasteiger partial charge in [0.25, 0.3) is 5.91 Å². The van der Waals surface area contributed by atoms with Crippen molar-refractivity contribution in [2.45, 2.75) is 34.1 Å². The van der Waals surface area contributed by atoms with Crippen LogP contribution in [-0.2, 0) is 0 Å². The van der Waals surface area contributed by atoms with E-state index < -0.39 is 0 Å². The molecule has 4 heteroatoms. The Morgan fingerprint density at radius 2 is 1.88 bits per heavy atom. The summed E-state index contributed by atoms with van der Waals surface area (Å²) in [6, 6.07) is 11.1. The standard InChI is InChI=1S/C21H27NO3/c1-14(2)11-12-25-19-10-9-17(13-20(19)24-5)21(23)22-18-8-6-7-15(3)16(18)4/h6-10,13-14H,11-12H2,1-5H3,(H,22,23). The number of carbonyl (C=O) groups is 1. The molecule has 0 unspecified atom stereocenters. The quantitative estimate of drug-likeness (QED) is 0.772. The summed E-state index contributed by atoms with van der Waals surface area (Å²) >= 11 is 0. The van der Waals surface area contributed by atoms with Gasteiger partial charge in [-0.05, 0) is 61.6 Å². The summed E-state index contributed by atoms with van der Waals surface area (Å²) in [7, 11) is 1.58. The van der Waals surface area contributed by atoms with Gasteiger partial charge in [0.15, 0.2) is 11.5 Å². The molecule has 1 amide bonds. The Balaban J connectivity index is 2.13. The number of rotatable bonds is 7. The Morgan fingerprint density at radius 1 is 1.12 bits per heavy atom. The third-order valence-corrected chi connectivity index (χ3v) is 4.23. The van der Waals surface area contributed by atoms with E-state index in [0.717, 1.165) is 23.2 Å². The number of nitrogens with one attached hydrogen (secondary N) is 1. The maximum absolute atomic E-state index is 12.6. The largest absolute Gasteiger partial charge is 0.493 e. The number of methoxy groups -OCH3 is 1. The van der Waals surface area contributed by atoms with Crippen LogP contribution in [0.25, 0.3) is 0 Å². The second-order valence-electron chi connectivity index (χ2n) is 6.60. The number of aryl methyl sites for hydroxylation is 1. The smallest absolute Gasteiger partial charge is 0.255 e. The highest BCUT2D eigenvalue weighted by Gasteiger charge is 2.13. The molecule has 0 aliphatic rings. The zero-order valence-corrected chi connectivity index (χ0v) is 15.7. The van der Waals surface area contributed by atoms with E-state index in [2.05, 4.69) is 19.2 Å². The second kappa shape index (κ2) is 8.56. The van der Waals surface area contributed by atoms with E-state index >= 15 is 0 Å². The molecule has 0 bridgehead atoms. The summed E-state index contributed by atoms with van der Waals surface area (Å²) in [5.74, 6) is 1.64. The molecular formula is C21H27NO3. The summed E-state index contributed by atoms with van der Waals surface area (Å²) in [4.78, 5) is 12.6. The molecule has 0 aliphatic heterocycles. The van der Waals surface area contributed by atoms with E-state index in [0.29, 0.717) is 29.6 Å². The highest BCUT2D eigenvalue weighted by Crippen LogP contribution is 2.29. The average Bonchev–Trinajstić information content (AvgIpc) is 2.58. The molecule has 2 rings (SSSR count). The van der Waals surface area contributed by atoms with Crippen molar-refractivity contribution in [2.24, 2.45) is 5.92 Å². The van der Waals surface area contributed by atoms with Crippen LogP contribution in [0, 0.1) is 19.8 Å². The van der Waals surface area contributed by atoms with Crippen molar-refractivity contribution in [3.05, 3.63) is 53.1 Å². The van der Waals surface area contributed by atoms with Crippen LogP contribution in [-0.4, -0.2) is 19.6 Å². The molecule has 0 atom stereocenters. The lowest BCUT2D eigenvalue weighted by molar-refractivity contribution is 0.102. The van der Waals surface area contributed by atoms with E-state index in [1.165, 1.54) is 0 Å². The van der Waals surface area contributed by atoms with Crippen molar-refractivity contribution in [2.75, 3.05) is 19.0 Å². The lowest BCUT2D eigenvalue weighted by Crippen LogP contribution is -2.13. The SMILES string of the molecule is COc1cc(C(=O)Nc2cccc(C)c2C)ccc1OCCC(C)C. The van der Waals surface area contributed by atoms with Gasteiger partial charge < -0.3 is 14.8 Å². The molecule has 0 saturated heterocycles. The van der Waals surface area contributed by atoms with Gasteiger partial charge in [0, 0.05) is 11.3 Å². The summed E-state index contributed by atoms with van der Waals surface area (Å²) < 4.78 is 11.2. The summed E-state index contributed by atoms with van der Waals surface area (Å²) in [6.45, 7) is 8.96. The summed E-state index contributed by atoms with van der Waals surface area (Å²) in [5, 5.41) is 2.96. The van der Waals surface area contributed by atoms with Crippen molar-refractivity contribution in [1.29, 1.82) is 0 Å². The van der Waals surface area contributed by atoms with Crippen LogP contribution in [0.2, 0.25) is 0 Å². The van der Waals surface area contributed by atoms with Gasteiger partial charge in [-0.1, -0.05) is 26.0 Å². The number of carbonyl (C=O) groups excluding carboxylic acids is 1. The van der Waals surface area contributed by atoms with Gasteiger partial charge in [-0.3, -0.25) is 4.79 Å². The predicted molar refractivity (Wildman–Crippen MR) is 102 cm³/mol. The first-order valence-electron chi connectivity index (χ1n) is 8.60. The van der Waals surface area contributed by atoms with Gasteiger partial charge in [0.1, 0.15) is 0 Å². The fraction of sp³-hybridized carbons (Fsp3) is 0.381. The monoisotopic (exact) mass is 341 g/mol. The summed E-state index contributed by atoms with van der Waals surface area (Å²) in [6.07, 6.45) is 0.970. The molecule has 0 aromatic heterocycles. The van der Waals surface area contributed by atoms with Crippen LogP contribution >= 0.6 is 0 Å². The second-order valence-corrected chi connectivity index (χ2v) is 6.60. The molecule has 4 nitrogen and oxygen atoms in total. The van der Waals surface area contributed by atoms with E-state index in [1.54, 1.807) is 25.3 Å². The Bertz CT molecular complexity index is 738. The van der Waals surface area contributed by atoms with Crippen molar-refractivity contribution in [3.63, 3.8) is 0 Å². The molecule has 25 heavy (non-hydrogen) atoms. The van der Waals surface area contributed by atoms with E-state index in [-0.39, 0.29) is 5.91 Å². The molecule has 0 aliphatic carbocycles. The van der Waals surface area contributed by atoms with Crippen LogP contribution in [0.15, 0.2) is 36.4 Å². The molecule has 2 aromatic carbocycles. The van der Waals surface area contributed by atoms with E-state index in [9.17, 15) is 4.79 Å². The van der Waals surface area contributed by atoms with Crippen molar-refractivity contribution in [1.82, 2.24) is 0 Å². The van der Waals surface area contributed by atoms with Crippen LogP contribution in [0.5, 0.6) is 11.5 Å². The van der Waals surface area contributed by atoms with Crippen LogP contribution in [0.3, 0.4) is 0 Å². The molecule has 134 valence electrons. The normalized spacial score (nSPS) is 10.6. The molecule has 0 fully saturated rings. The Kier molecular flexibility index (Phi) is 6.45. The molecule has 0 radical (unpaired) electrons. The first-order valence-corrected chi connectivity index (χ1v) is 8.60. The minimum atomic E-state index is -0.166. The van der Waals surface area contributed by atoms with E-state index in [4.69, 9.17) is 9.47 Å². The van der Waals surface area contributed by atoms with Gasteiger partial charge in [0.05, 0.1) is 13.7 Å². The number of ether oxygens (including phenoxy) is 2. The van der Waals surface area contributed by atoms with Gasteiger partial charge in [-0.15, -0.1) is 0 Å². The van der Waals surface area contributed by atoms with E-state index in [1.807, 2.05) is 32.0 Å². The topological polar surface area (TPSA) is 47.6 Å². The average molecular weight is 341 g/mol. The zero-order chi connectivity index (χ0) is 18.4. The number of hydrogen-bond donors (Lipinski definition) is 1. The molecule has 1 N–H and O–H groups in total. The first kappa shape index (κ1) is 18.8. The van der Waals surface area contributed by atoms with Gasteiger partial charge in [-0.2, -0.15) is 0 Å². The summed E-state index contributed by atoms with van der Waals surface area (Å²) in [5.41, 5.74) is 3.57. The zero-order valence-electron chi connectivity index (χ0n) is 15.7. The van der Waals surface area contributed by atoms with Gasteiger partial charge >= 0.3 is 0 Å². The predicted octanol–water partition coefficient (Wildman–Crippen LogP) is 4.99. The lowest BCUT2D eigenvalue weighted by atomic mass is 10.1. The first-order chi connectivity index (χ1) is 11.9. The molecule has 0 heterocycles. The van der Waals surface area contributed by atoms with Crippen molar-refractivity contribution < 1.29 is 14.3 Å². The third kappa shape index (κ3) is 4.99. The molecule has 2 aromatic rings. The fourth-order valence-electron chi connectivity index (χ4n) is 2.41. The minimum Gasteiger partial charge on any atom is -0.493 e. The maximum Gasteiger partial charge on any atom is 0.255 e. The Morgan fingerprint density at radius 3 is 2.56 bits per heavy atom. The van der Waals surface area contributed by atoms with Crippen molar-refractivity contribution >= 4 is 11.6 Å². The van der Waals surface area contributed by atoms with Crippen LogP contribution in [0.4, 0.5) is 5.69 Å².